The third-order valence-electron chi connectivity index (χ3n) is 2.76. The molecule has 1 aromatic heterocycles. The van der Waals surface area contributed by atoms with Crippen LogP contribution >= 0.6 is 27.3 Å². The van der Waals surface area contributed by atoms with Crippen LogP contribution in [0.4, 0.5) is 0 Å². The van der Waals surface area contributed by atoms with Gasteiger partial charge in [-0.05, 0) is 34.8 Å². The molecule has 1 atom stereocenters. The SMILES string of the molecule is NC1CCCN(C(=O)Cc2cc(Br)cs2)C1. The Kier molecular flexibility index (Phi) is 4.00. The van der Waals surface area contributed by atoms with Crippen LogP contribution in [0.2, 0.25) is 0 Å². The largest absolute Gasteiger partial charge is 0.341 e. The van der Waals surface area contributed by atoms with Crippen molar-refractivity contribution in [3.8, 4) is 0 Å². The molecule has 2 rings (SSSR count). The molecule has 0 aliphatic carbocycles. The predicted octanol–water partition coefficient (Wildman–Crippen LogP) is 2.00. The van der Waals surface area contributed by atoms with E-state index in [2.05, 4.69) is 15.9 Å². The number of hydrogen-bond donors (Lipinski definition) is 1. The van der Waals surface area contributed by atoms with Crippen molar-refractivity contribution in [3.05, 3.63) is 20.8 Å². The summed E-state index contributed by atoms with van der Waals surface area (Å²) in [6.07, 6.45) is 2.57. The number of amides is 1. The molecule has 1 aliphatic rings. The van der Waals surface area contributed by atoms with E-state index in [0.717, 1.165) is 28.7 Å². The molecular weight excluding hydrogens is 288 g/mol. The molecule has 2 N–H and O–H groups in total. The van der Waals surface area contributed by atoms with Gasteiger partial charge in [-0.3, -0.25) is 4.79 Å². The number of carbonyl (C=O) groups excluding carboxylic acids is 1. The fourth-order valence-corrected chi connectivity index (χ4v) is 3.39. The van der Waals surface area contributed by atoms with E-state index in [4.69, 9.17) is 5.73 Å². The van der Waals surface area contributed by atoms with Crippen molar-refractivity contribution in [2.75, 3.05) is 13.1 Å². The van der Waals surface area contributed by atoms with E-state index in [1.54, 1.807) is 11.3 Å². The van der Waals surface area contributed by atoms with E-state index < -0.39 is 0 Å². The second-order valence-electron chi connectivity index (χ2n) is 4.15. The van der Waals surface area contributed by atoms with Gasteiger partial charge in [-0.25, -0.2) is 0 Å². The maximum absolute atomic E-state index is 12.0. The highest BCUT2D eigenvalue weighted by atomic mass is 79.9. The van der Waals surface area contributed by atoms with Crippen LogP contribution in [-0.2, 0) is 11.2 Å². The van der Waals surface area contributed by atoms with Gasteiger partial charge in [-0.1, -0.05) is 0 Å². The first-order valence-corrected chi connectivity index (χ1v) is 7.08. The molecular formula is C11H15BrN2OS. The first-order valence-electron chi connectivity index (χ1n) is 5.41. The molecule has 16 heavy (non-hydrogen) atoms. The third-order valence-corrected chi connectivity index (χ3v) is 4.46. The fraction of sp³-hybridized carbons (Fsp3) is 0.545. The first kappa shape index (κ1) is 12.1. The minimum Gasteiger partial charge on any atom is -0.341 e. The summed E-state index contributed by atoms with van der Waals surface area (Å²) in [5, 5.41) is 2.00. The van der Waals surface area contributed by atoms with Crippen molar-refractivity contribution in [1.82, 2.24) is 4.90 Å². The first-order chi connectivity index (χ1) is 7.65. The van der Waals surface area contributed by atoms with Crippen molar-refractivity contribution < 1.29 is 4.79 Å². The third kappa shape index (κ3) is 3.06. The number of nitrogens with two attached hydrogens (primary N) is 1. The molecule has 0 radical (unpaired) electrons. The van der Waals surface area contributed by atoms with Gasteiger partial charge in [-0.2, -0.15) is 0 Å². The maximum Gasteiger partial charge on any atom is 0.227 e. The van der Waals surface area contributed by atoms with E-state index in [0.29, 0.717) is 13.0 Å². The molecule has 1 unspecified atom stereocenters. The Morgan fingerprint density at radius 1 is 1.69 bits per heavy atom. The zero-order valence-electron chi connectivity index (χ0n) is 8.99. The number of piperidine rings is 1. The molecule has 1 saturated heterocycles. The standard InChI is InChI=1S/C11H15BrN2OS/c12-8-4-10(16-7-8)5-11(15)14-3-1-2-9(13)6-14/h4,7,9H,1-3,5-6,13H2. The Bertz CT molecular complexity index is 380. The summed E-state index contributed by atoms with van der Waals surface area (Å²) in [6, 6.07) is 2.17. The molecule has 1 aromatic rings. The van der Waals surface area contributed by atoms with E-state index in [9.17, 15) is 4.79 Å². The normalized spacial score (nSPS) is 21.1. The highest BCUT2D eigenvalue weighted by Gasteiger charge is 2.21. The second kappa shape index (κ2) is 5.29. The van der Waals surface area contributed by atoms with Crippen LogP contribution in [-0.4, -0.2) is 29.9 Å². The van der Waals surface area contributed by atoms with Gasteiger partial charge in [0.15, 0.2) is 0 Å². The van der Waals surface area contributed by atoms with E-state index in [1.807, 2.05) is 16.3 Å². The molecule has 1 amide bonds. The minimum absolute atomic E-state index is 0.160. The average Bonchev–Trinajstić information content (AvgIpc) is 2.64. The van der Waals surface area contributed by atoms with Gasteiger partial charge in [-0.15, -0.1) is 11.3 Å². The fourth-order valence-electron chi connectivity index (χ4n) is 1.94. The molecule has 0 saturated carbocycles. The number of likely N-dealkylation sites (tertiary alicyclic amines) is 1. The summed E-state index contributed by atoms with van der Waals surface area (Å²) in [7, 11) is 0. The Labute approximate surface area is 108 Å². The number of rotatable bonds is 2. The van der Waals surface area contributed by atoms with Crippen LogP contribution in [0.25, 0.3) is 0 Å². The van der Waals surface area contributed by atoms with Gasteiger partial charge in [0.1, 0.15) is 0 Å². The minimum atomic E-state index is 0.160. The highest BCUT2D eigenvalue weighted by Crippen LogP contribution is 2.21. The van der Waals surface area contributed by atoms with Crippen LogP contribution in [0.1, 0.15) is 17.7 Å². The zero-order valence-corrected chi connectivity index (χ0v) is 11.4. The molecule has 0 spiro atoms. The Morgan fingerprint density at radius 2 is 2.50 bits per heavy atom. The Morgan fingerprint density at radius 3 is 3.12 bits per heavy atom. The smallest absolute Gasteiger partial charge is 0.227 e. The van der Waals surface area contributed by atoms with Crippen molar-refractivity contribution in [3.63, 3.8) is 0 Å². The van der Waals surface area contributed by atoms with Gasteiger partial charge < -0.3 is 10.6 Å². The van der Waals surface area contributed by atoms with Gasteiger partial charge in [0.2, 0.25) is 5.91 Å². The average molecular weight is 303 g/mol. The quantitative estimate of drug-likeness (QED) is 0.908. The molecule has 0 aromatic carbocycles. The summed E-state index contributed by atoms with van der Waals surface area (Å²) in [5.74, 6) is 0.199. The molecule has 88 valence electrons. The lowest BCUT2D eigenvalue weighted by atomic mass is 10.1. The van der Waals surface area contributed by atoms with Gasteiger partial charge in [0.25, 0.3) is 0 Å². The number of carbonyl (C=O) groups is 1. The van der Waals surface area contributed by atoms with Crippen molar-refractivity contribution in [2.45, 2.75) is 25.3 Å². The molecule has 1 aliphatic heterocycles. The van der Waals surface area contributed by atoms with Crippen LogP contribution < -0.4 is 5.73 Å². The number of thiophene rings is 1. The zero-order chi connectivity index (χ0) is 11.5. The molecule has 1 fully saturated rings. The van der Waals surface area contributed by atoms with E-state index >= 15 is 0 Å². The summed E-state index contributed by atoms with van der Waals surface area (Å²) in [4.78, 5) is 15.0. The second-order valence-corrected chi connectivity index (χ2v) is 6.06. The topological polar surface area (TPSA) is 46.3 Å². The molecule has 2 heterocycles. The van der Waals surface area contributed by atoms with Crippen LogP contribution in [0.15, 0.2) is 15.9 Å². The maximum atomic E-state index is 12.0. The molecule has 5 heteroatoms. The lowest BCUT2D eigenvalue weighted by molar-refractivity contribution is -0.131. The summed E-state index contributed by atoms with van der Waals surface area (Å²) in [6.45, 7) is 1.57. The lowest BCUT2D eigenvalue weighted by Gasteiger charge is -2.30. The van der Waals surface area contributed by atoms with Crippen molar-refractivity contribution in [1.29, 1.82) is 0 Å². The van der Waals surface area contributed by atoms with Gasteiger partial charge >= 0.3 is 0 Å². The predicted molar refractivity (Wildman–Crippen MR) is 69.5 cm³/mol. The van der Waals surface area contributed by atoms with Gasteiger partial charge in [0, 0.05) is 33.9 Å². The molecule has 3 nitrogen and oxygen atoms in total. The van der Waals surface area contributed by atoms with Crippen LogP contribution in [0.5, 0.6) is 0 Å². The Hall–Kier alpha value is -0.390. The van der Waals surface area contributed by atoms with E-state index in [1.165, 1.54) is 0 Å². The number of halogens is 1. The summed E-state index contributed by atoms with van der Waals surface area (Å²) >= 11 is 5.01. The van der Waals surface area contributed by atoms with Crippen LogP contribution in [0.3, 0.4) is 0 Å². The van der Waals surface area contributed by atoms with Crippen molar-refractivity contribution >= 4 is 33.2 Å². The van der Waals surface area contributed by atoms with Gasteiger partial charge in [0.05, 0.1) is 6.42 Å². The number of hydrogen-bond acceptors (Lipinski definition) is 3. The monoisotopic (exact) mass is 302 g/mol. The summed E-state index contributed by atoms with van der Waals surface area (Å²) in [5.41, 5.74) is 5.86. The summed E-state index contributed by atoms with van der Waals surface area (Å²) < 4.78 is 1.05. The van der Waals surface area contributed by atoms with Crippen molar-refractivity contribution in [2.24, 2.45) is 5.73 Å². The van der Waals surface area contributed by atoms with Crippen LogP contribution in [0, 0.1) is 0 Å². The van der Waals surface area contributed by atoms with E-state index in [-0.39, 0.29) is 11.9 Å². The number of nitrogens with zero attached hydrogens (tertiary/aromatic N) is 1. The molecule has 0 bridgehead atoms. The highest BCUT2D eigenvalue weighted by molar-refractivity contribution is 9.10. The Balaban J connectivity index is 1.92. The lowest BCUT2D eigenvalue weighted by Crippen LogP contribution is -2.46.